The van der Waals surface area contributed by atoms with Gasteiger partial charge in [-0.25, -0.2) is 4.79 Å². The van der Waals surface area contributed by atoms with Gasteiger partial charge in [0, 0.05) is 3.57 Å². The van der Waals surface area contributed by atoms with E-state index >= 15 is 0 Å². The summed E-state index contributed by atoms with van der Waals surface area (Å²) in [5.41, 5.74) is 6.03. The first kappa shape index (κ1) is 14.9. The molecule has 0 heterocycles. The lowest BCUT2D eigenvalue weighted by atomic mass is 10.0. The molecule has 0 aliphatic heterocycles. The average molecular weight is 362 g/mol. The minimum absolute atomic E-state index is 0.0119. The molecule has 0 spiro atoms. The lowest BCUT2D eigenvalue weighted by Gasteiger charge is -2.16. The molecule has 1 rings (SSSR count). The third-order valence-electron chi connectivity index (χ3n) is 2.49. The zero-order valence-corrected chi connectivity index (χ0v) is 12.3. The molecule has 0 saturated carbocycles. The van der Waals surface area contributed by atoms with Crippen LogP contribution in [-0.2, 0) is 4.79 Å². The minimum Gasteiger partial charge on any atom is -0.478 e. The smallest absolute Gasteiger partial charge is 0.337 e. The number of nitrogens with two attached hydrogens (primary N) is 1. The number of carboxylic acids is 1. The fraction of sp³-hybridized carbons (Fsp3) is 0.333. The molecular weight excluding hydrogens is 347 g/mol. The zero-order chi connectivity index (χ0) is 13.9. The number of carbonyl (C=O) groups excluding carboxylic acids is 1. The van der Waals surface area contributed by atoms with Crippen molar-refractivity contribution in [2.75, 3.05) is 5.32 Å². The van der Waals surface area contributed by atoms with Gasteiger partial charge in [0.1, 0.15) is 0 Å². The van der Waals surface area contributed by atoms with Crippen LogP contribution in [0.4, 0.5) is 5.69 Å². The van der Waals surface area contributed by atoms with Crippen molar-refractivity contribution in [3.05, 3.63) is 27.3 Å². The van der Waals surface area contributed by atoms with Gasteiger partial charge in [-0.1, -0.05) is 13.8 Å². The first-order chi connectivity index (χ1) is 8.32. The fourth-order valence-corrected chi connectivity index (χ4v) is 1.81. The van der Waals surface area contributed by atoms with Gasteiger partial charge in [-0.05, 0) is 46.7 Å². The molecule has 1 unspecified atom stereocenters. The Balaban J connectivity index is 2.98. The molecule has 1 amide bonds. The molecule has 0 aromatic heterocycles. The van der Waals surface area contributed by atoms with Crippen molar-refractivity contribution >= 4 is 40.2 Å². The van der Waals surface area contributed by atoms with Crippen molar-refractivity contribution in [2.45, 2.75) is 19.9 Å². The van der Waals surface area contributed by atoms with Crippen LogP contribution in [0.5, 0.6) is 0 Å². The normalized spacial score (nSPS) is 12.3. The van der Waals surface area contributed by atoms with E-state index in [0.717, 1.165) is 3.57 Å². The largest absolute Gasteiger partial charge is 0.478 e. The SMILES string of the molecule is CC(C)C(N)C(=O)Nc1ccc(I)cc1C(=O)O. The monoisotopic (exact) mass is 362 g/mol. The second-order valence-electron chi connectivity index (χ2n) is 4.25. The summed E-state index contributed by atoms with van der Waals surface area (Å²) in [4.78, 5) is 22.9. The number of aromatic carboxylic acids is 1. The number of anilines is 1. The van der Waals surface area contributed by atoms with Crippen molar-refractivity contribution in [3.63, 3.8) is 0 Å². The van der Waals surface area contributed by atoms with Crippen molar-refractivity contribution in [2.24, 2.45) is 11.7 Å². The summed E-state index contributed by atoms with van der Waals surface area (Å²) in [6.45, 7) is 3.66. The van der Waals surface area contributed by atoms with Crippen molar-refractivity contribution in [1.82, 2.24) is 0 Å². The van der Waals surface area contributed by atoms with Gasteiger partial charge in [0.2, 0.25) is 5.91 Å². The number of benzene rings is 1. The second kappa shape index (κ2) is 6.14. The van der Waals surface area contributed by atoms with Crippen LogP contribution in [0.2, 0.25) is 0 Å². The molecule has 0 aliphatic rings. The fourth-order valence-electron chi connectivity index (χ4n) is 1.32. The summed E-state index contributed by atoms with van der Waals surface area (Å²) < 4.78 is 0.788. The number of hydrogen-bond donors (Lipinski definition) is 3. The van der Waals surface area contributed by atoms with Gasteiger partial charge < -0.3 is 16.2 Å². The quantitative estimate of drug-likeness (QED) is 0.714. The van der Waals surface area contributed by atoms with E-state index in [9.17, 15) is 9.59 Å². The topological polar surface area (TPSA) is 92.4 Å². The number of carbonyl (C=O) groups is 2. The molecule has 0 radical (unpaired) electrons. The van der Waals surface area contributed by atoms with E-state index in [1.165, 1.54) is 6.07 Å². The predicted octanol–water partition coefficient (Wildman–Crippen LogP) is 1.91. The summed E-state index contributed by atoms with van der Waals surface area (Å²) in [6, 6.07) is 4.13. The Labute approximate surface area is 119 Å². The molecule has 18 heavy (non-hydrogen) atoms. The Morgan fingerprint density at radius 1 is 1.39 bits per heavy atom. The van der Waals surface area contributed by atoms with E-state index in [1.54, 1.807) is 12.1 Å². The molecule has 4 N–H and O–H groups in total. The van der Waals surface area contributed by atoms with Crippen LogP contribution in [0.25, 0.3) is 0 Å². The maximum absolute atomic E-state index is 11.8. The highest BCUT2D eigenvalue weighted by molar-refractivity contribution is 14.1. The van der Waals surface area contributed by atoms with Gasteiger partial charge in [0.05, 0.1) is 17.3 Å². The van der Waals surface area contributed by atoms with E-state index < -0.39 is 12.0 Å². The van der Waals surface area contributed by atoms with E-state index in [4.69, 9.17) is 10.8 Å². The molecule has 98 valence electrons. The van der Waals surface area contributed by atoms with Crippen LogP contribution in [0, 0.1) is 9.49 Å². The Bertz CT molecular complexity index is 474. The first-order valence-corrected chi connectivity index (χ1v) is 6.50. The lowest BCUT2D eigenvalue weighted by molar-refractivity contribution is -0.118. The molecule has 1 aromatic carbocycles. The molecule has 1 atom stereocenters. The first-order valence-electron chi connectivity index (χ1n) is 5.42. The van der Waals surface area contributed by atoms with Gasteiger partial charge >= 0.3 is 5.97 Å². The maximum Gasteiger partial charge on any atom is 0.337 e. The van der Waals surface area contributed by atoms with Crippen LogP contribution < -0.4 is 11.1 Å². The molecule has 0 aliphatic carbocycles. The molecular formula is C12H15IN2O3. The van der Waals surface area contributed by atoms with Crippen LogP contribution in [0.1, 0.15) is 24.2 Å². The van der Waals surface area contributed by atoms with Crippen LogP contribution in [0.3, 0.4) is 0 Å². The Morgan fingerprint density at radius 3 is 2.50 bits per heavy atom. The number of rotatable bonds is 4. The lowest BCUT2D eigenvalue weighted by Crippen LogP contribution is -2.40. The molecule has 0 saturated heterocycles. The van der Waals surface area contributed by atoms with E-state index in [2.05, 4.69) is 5.32 Å². The molecule has 5 nitrogen and oxygen atoms in total. The number of halogens is 1. The number of carboxylic acid groups (broad SMARTS) is 1. The minimum atomic E-state index is -1.08. The highest BCUT2D eigenvalue weighted by Crippen LogP contribution is 2.19. The van der Waals surface area contributed by atoms with Gasteiger partial charge in [-0.15, -0.1) is 0 Å². The number of nitrogens with one attached hydrogen (secondary N) is 1. The third kappa shape index (κ3) is 3.67. The van der Waals surface area contributed by atoms with Gasteiger partial charge in [0.15, 0.2) is 0 Å². The van der Waals surface area contributed by atoms with Crippen LogP contribution >= 0.6 is 22.6 Å². The van der Waals surface area contributed by atoms with Crippen molar-refractivity contribution < 1.29 is 14.7 Å². The predicted molar refractivity (Wildman–Crippen MR) is 77.6 cm³/mol. The average Bonchev–Trinajstić information content (AvgIpc) is 2.29. The van der Waals surface area contributed by atoms with Gasteiger partial charge in [0.25, 0.3) is 0 Å². The highest BCUT2D eigenvalue weighted by Gasteiger charge is 2.19. The highest BCUT2D eigenvalue weighted by atomic mass is 127. The summed E-state index contributed by atoms with van der Waals surface area (Å²) in [5.74, 6) is -1.47. The van der Waals surface area contributed by atoms with Gasteiger partial charge in [-0.2, -0.15) is 0 Å². The van der Waals surface area contributed by atoms with E-state index in [1.807, 2.05) is 36.4 Å². The molecule has 0 bridgehead atoms. The Hall–Kier alpha value is -1.15. The molecule has 0 fully saturated rings. The maximum atomic E-state index is 11.8. The third-order valence-corrected chi connectivity index (χ3v) is 3.16. The second-order valence-corrected chi connectivity index (χ2v) is 5.50. The summed E-state index contributed by atoms with van der Waals surface area (Å²) in [7, 11) is 0. The standard InChI is InChI=1S/C12H15IN2O3/c1-6(2)10(14)11(16)15-9-4-3-7(13)5-8(9)12(17)18/h3-6,10H,14H2,1-2H3,(H,15,16)(H,17,18). The molecule has 6 heteroatoms. The van der Waals surface area contributed by atoms with E-state index in [0.29, 0.717) is 0 Å². The summed E-state index contributed by atoms with van der Waals surface area (Å²) >= 11 is 2.01. The number of hydrogen-bond acceptors (Lipinski definition) is 3. The summed E-state index contributed by atoms with van der Waals surface area (Å²) in [5, 5.41) is 11.6. The van der Waals surface area contributed by atoms with Crippen LogP contribution in [0.15, 0.2) is 18.2 Å². The van der Waals surface area contributed by atoms with Crippen molar-refractivity contribution in [1.29, 1.82) is 0 Å². The zero-order valence-electron chi connectivity index (χ0n) is 10.1. The van der Waals surface area contributed by atoms with Crippen molar-refractivity contribution in [3.8, 4) is 0 Å². The summed E-state index contributed by atoms with van der Waals surface area (Å²) in [6.07, 6.45) is 0. The Morgan fingerprint density at radius 2 is 2.00 bits per heavy atom. The Kier molecular flexibility index (Phi) is 5.09. The number of amides is 1. The molecule has 1 aromatic rings. The van der Waals surface area contributed by atoms with Crippen LogP contribution in [-0.4, -0.2) is 23.0 Å². The van der Waals surface area contributed by atoms with Gasteiger partial charge in [-0.3, -0.25) is 4.79 Å². The van der Waals surface area contributed by atoms with E-state index in [-0.39, 0.29) is 23.1 Å².